The van der Waals surface area contributed by atoms with E-state index in [4.69, 9.17) is 11.6 Å². The Labute approximate surface area is 179 Å². The molecular weight excluding hydrogens is 411 g/mol. The molecule has 7 heteroatoms. The van der Waals surface area contributed by atoms with E-state index in [9.17, 15) is 14.0 Å². The molecular formula is C22H22ClFN2O2S. The van der Waals surface area contributed by atoms with Crippen LogP contribution in [0.4, 0.5) is 4.39 Å². The minimum Gasteiger partial charge on any atom is -0.341 e. The number of thioether (sulfide) groups is 1. The lowest BCUT2D eigenvalue weighted by Gasteiger charge is -2.44. The van der Waals surface area contributed by atoms with Crippen LogP contribution in [0, 0.1) is 5.82 Å². The van der Waals surface area contributed by atoms with Crippen molar-refractivity contribution in [3.05, 3.63) is 71.5 Å². The van der Waals surface area contributed by atoms with Gasteiger partial charge in [-0.3, -0.25) is 9.59 Å². The first-order chi connectivity index (χ1) is 14.0. The van der Waals surface area contributed by atoms with Crippen molar-refractivity contribution in [3.8, 4) is 0 Å². The number of nitrogens with zero attached hydrogens (tertiary/aromatic N) is 2. The third kappa shape index (κ3) is 4.01. The highest BCUT2D eigenvalue weighted by Gasteiger charge is 2.47. The van der Waals surface area contributed by atoms with Gasteiger partial charge in [-0.15, -0.1) is 23.4 Å². The lowest BCUT2D eigenvalue weighted by Crippen LogP contribution is -2.54. The number of rotatable bonds is 3. The van der Waals surface area contributed by atoms with Gasteiger partial charge in [0.25, 0.3) is 5.91 Å². The molecule has 0 aromatic heterocycles. The van der Waals surface area contributed by atoms with Gasteiger partial charge in [-0.25, -0.2) is 4.39 Å². The van der Waals surface area contributed by atoms with Crippen LogP contribution in [-0.2, 0) is 4.79 Å². The fourth-order valence-corrected chi connectivity index (χ4v) is 5.80. The first-order valence-electron chi connectivity index (χ1n) is 9.69. The first kappa shape index (κ1) is 20.2. The predicted octanol–water partition coefficient (Wildman–Crippen LogP) is 4.31. The van der Waals surface area contributed by atoms with E-state index < -0.39 is 5.38 Å². The highest BCUT2D eigenvalue weighted by molar-refractivity contribution is 8.00. The molecule has 2 aliphatic rings. The third-order valence-corrected chi connectivity index (χ3v) is 7.67. The maximum atomic E-state index is 13.2. The van der Waals surface area contributed by atoms with Crippen LogP contribution in [0.25, 0.3) is 0 Å². The van der Waals surface area contributed by atoms with Crippen LogP contribution in [0.5, 0.6) is 0 Å². The zero-order valence-corrected chi connectivity index (χ0v) is 17.5. The number of hydrogen-bond acceptors (Lipinski definition) is 3. The summed E-state index contributed by atoms with van der Waals surface area (Å²) < 4.78 is 13.2. The SMILES string of the molecule is O=C(C(Cl)c1ccccc1)N1CCC2(CC1)SCCN2C(=O)c1ccc(F)cc1. The minimum atomic E-state index is -0.696. The Hall–Kier alpha value is -2.05. The highest BCUT2D eigenvalue weighted by Crippen LogP contribution is 2.45. The number of piperidine rings is 1. The zero-order chi connectivity index (χ0) is 20.4. The molecule has 1 spiro atoms. The third-order valence-electron chi connectivity index (χ3n) is 5.68. The Bertz CT molecular complexity index is 885. The maximum absolute atomic E-state index is 13.2. The topological polar surface area (TPSA) is 40.6 Å². The van der Waals surface area contributed by atoms with Crippen molar-refractivity contribution in [1.29, 1.82) is 0 Å². The van der Waals surface area contributed by atoms with E-state index in [0.29, 0.717) is 38.0 Å². The molecule has 152 valence electrons. The second-order valence-corrected chi connectivity index (χ2v) is 9.25. The average molecular weight is 433 g/mol. The van der Waals surface area contributed by atoms with Gasteiger partial charge in [-0.05, 0) is 42.7 Å². The smallest absolute Gasteiger partial charge is 0.254 e. The van der Waals surface area contributed by atoms with Gasteiger partial charge in [0.05, 0.1) is 4.87 Å². The van der Waals surface area contributed by atoms with Gasteiger partial charge >= 0.3 is 0 Å². The number of halogens is 2. The molecule has 0 saturated carbocycles. The van der Waals surface area contributed by atoms with E-state index in [1.165, 1.54) is 24.3 Å². The van der Waals surface area contributed by atoms with E-state index in [1.54, 1.807) is 16.7 Å². The number of carbonyl (C=O) groups excluding carboxylic acids is 2. The van der Waals surface area contributed by atoms with Crippen molar-refractivity contribution >= 4 is 35.2 Å². The molecule has 2 aromatic rings. The molecule has 0 aliphatic carbocycles. The van der Waals surface area contributed by atoms with Gasteiger partial charge < -0.3 is 9.80 Å². The molecule has 29 heavy (non-hydrogen) atoms. The van der Waals surface area contributed by atoms with E-state index in [1.807, 2.05) is 35.2 Å². The Kier molecular flexibility index (Phi) is 5.83. The fraction of sp³-hybridized carbons (Fsp3) is 0.364. The van der Waals surface area contributed by atoms with Crippen LogP contribution >= 0.6 is 23.4 Å². The van der Waals surface area contributed by atoms with Crippen molar-refractivity contribution in [1.82, 2.24) is 9.80 Å². The number of hydrogen-bond donors (Lipinski definition) is 0. The van der Waals surface area contributed by atoms with E-state index in [2.05, 4.69) is 0 Å². The molecule has 4 rings (SSSR count). The molecule has 1 atom stereocenters. The van der Waals surface area contributed by atoms with Crippen LogP contribution < -0.4 is 0 Å². The monoisotopic (exact) mass is 432 g/mol. The first-order valence-corrected chi connectivity index (χ1v) is 11.1. The fourth-order valence-electron chi connectivity index (χ4n) is 4.06. The summed E-state index contributed by atoms with van der Waals surface area (Å²) in [4.78, 5) is 29.3. The Morgan fingerprint density at radius 1 is 1.00 bits per heavy atom. The number of carbonyl (C=O) groups is 2. The van der Waals surface area contributed by atoms with Gasteiger partial charge in [0.1, 0.15) is 11.2 Å². The number of amides is 2. The summed E-state index contributed by atoms with van der Waals surface area (Å²) in [6.07, 6.45) is 1.41. The molecule has 2 aromatic carbocycles. The number of alkyl halides is 1. The van der Waals surface area contributed by atoms with Gasteiger partial charge in [0.2, 0.25) is 5.91 Å². The van der Waals surface area contributed by atoms with Gasteiger partial charge in [0.15, 0.2) is 0 Å². The van der Waals surface area contributed by atoms with Crippen LogP contribution in [-0.4, -0.2) is 51.9 Å². The van der Waals surface area contributed by atoms with Crippen molar-refractivity contribution in [2.75, 3.05) is 25.4 Å². The molecule has 1 unspecified atom stereocenters. The summed E-state index contributed by atoms with van der Waals surface area (Å²) in [5.74, 6) is 0.345. The lowest BCUT2D eigenvalue weighted by atomic mass is 10.00. The molecule has 0 N–H and O–H groups in total. The number of benzene rings is 2. The summed E-state index contributed by atoms with van der Waals surface area (Å²) >= 11 is 8.20. The van der Waals surface area contributed by atoms with Gasteiger partial charge in [-0.2, -0.15) is 0 Å². The van der Waals surface area contributed by atoms with Gasteiger partial charge in [-0.1, -0.05) is 30.3 Å². The molecule has 0 bridgehead atoms. The Morgan fingerprint density at radius 2 is 1.66 bits per heavy atom. The van der Waals surface area contributed by atoms with Crippen molar-refractivity contribution in [2.24, 2.45) is 0 Å². The molecule has 2 heterocycles. The normalized spacial score (nSPS) is 19.4. The minimum absolute atomic E-state index is 0.0747. The summed E-state index contributed by atoms with van der Waals surface area (Å²) in [6.45, 7) is 1.79. The summed E-state index contributed by atoms with van der Waals surface area (Å²) in [5.41, 5.74) is 1.29. The van der Waals surface area contributed by atoms with Crippen molar-refractivity contribution in [2.45, 2.75) is 23.1 Å². The largest absolute Gasteiger partial charge is 0.341 e. The molecule has 4 nitrogen and oxygen atoms in total. The van der Waals surface area contributed by atoms with Crippen LogP contribution in [0.2, 0.25) is 0 Å². The average Bonchev–Trinajstić information content (AvgIpc) is 3.16. The van der Waals surface area contributed by atoms with Crippen LogP contribution in [0.1, 0.15) is 34.1 Å². The second-order valence-electron chi connectivity index (χ2n) is 7.36. The molecule has 2 amide bonds. The van der Waals surface area contributed by atoms with Gasteiger partial charge in [0, 0.05) is 31.0 Å². The molecule has 0 radical (unpaired) electrons. The van der Waals surface area contributed by atoms with E-state index >= 15 is 0 Å². The second kappa shape index (κ2) is 8.36. The molecule has 2 aliphatic heterocycles. The standard InChI is InChI=1S/C22H22ClFN2O2S/c23-19(16-4-2-1-3-5-16)21(28)25-12-10-22(11-13-25)26(14-15-29-22)20(27)17-6-8-18(24)9-7-17/h1-9,19H,10-15H2. The summed E-state index contributed by atoms with van der Waals surface area (Å²) in [6, 6.07) is 15.0. The highest BCUT2D eigenvalue weighted by atomic mass is 35.5. The predicted molar refractivity (Wildman–Crippen MR) is 113 cm³/mol. The quantitative estimate of drug-likeness (QED) is 0.678. The van der Waals surface area contributed by atoms with E-state index in [-0.39, 0.29) is 22.5 Å². The summed E-state index contributed by atoms with van der Waals surface area (Å²) in [7, 11) is 0. The molecule has 2 fully saturated rings. The van der Waals surface area contributed by atoms with E-state index in [0.717, 1.165) is 11.3 Å². The van der Waals surface area contributed by atoms with Crippen molar-refractivity contribution < 1.29 is 14.0 Å². The Morgan fingerprint density at radius 3 is 2.31 bits per heavy atom. The van der Waals surface area contributed by atoms with Crippen molar-refractivity contribution in [3.63, 3.8) is 0 Å². The maximum Gasteiger partial charge on any atom is 0.254 e. The van der Waals surface area contributed by atoms with Crippen LogP contribution in [0.15, 0.2) is 54.6 Å². The summed E-state index contributed by atoms with van der Waals surface area (Å²) in [5, 5.41) is -0.696. The molecule has 2 saturated heterocycles. The lowest BCUT2D eigenvalue weighted by molar-refractivity contribution is -0.132. The zero-order valence-electron chi connectivity index (χ0n) is 15.9. The number of likely N-dealkylation sites (tertiary alicyclic amines) is 1. The van der Waals surface area contributed by atoms with Crippen LogP contribution in [0.3, 0.4) is 0 Å². The Balaban J connectivity index is 1.44.